The van der Waals surface area contributed by atoms with Crippen molar-refractivity contribution in [2.45, 2.75) is 12.8 Å². The van der Waals surface area contributed by atoms with Crippen LogP contribution in [0.4, 0.5) is 0 Å². The number of methoxy groups -OCH3 is 1. The summed E-state index contributed by atoms with van der Waals surface area (Å²) in [6.07, 6.45) is 0. The van der Waals surface area contributed by atoms with Crippen molar-refractivity contribution in [3.05, 3.63) is 71.3 Å². The molecule has 2 rings (SSSR count). The van der Waals surface area contributed by atoms with E-state index in [2.05, 4.69) is 4.74 Å². The Bertz CT molecular complexity index is 600. The minimum absolute atomic E-state index is 0.0661. The fourth-order valence-electron chi connectivity index (χ4n) is 2.03. The van der Waals surface area contributed by atoms with Crippen LogP contribution in [0.15, 0.2) is 54.6 Å². The summed E-state index contributed by atoms with van der Waals surface area (Å²) < 4.78 is 4.65. The molecular weight excluding hydrogens is 252 g/mol. The van der Waals surface area contributed by atoms with Gasteiger partial charge in [-0.2, -0.15) is 0 Å². The Hall–Kier alpha value is -2.42. The van der Waals surface area contributed by atoms with Gasteiger partial charge in [0.15, 0.2) is 5.78 Å². The third kappa shape index (κ3) is 2.94. The molecule has 0 saturated carbocycles. The van der Waals surface area contributed by atoms with E-state index in [1.807, 2.05) is 37.3 Å². The smallest absolute Gasteiger partial charge is 0.337 e. The summed E-state index contributed by atoms with van der Waals surface area (Å²) in [5.41, 5.74) is 2.05. The zero-order valence-electron chi connectivity index (χ0n) is 11.5. The average Bonchev–Trinajstić information content (AvgIpc) is 2.53. The minimum Gasteiger partial charge on any atom is -0.465 e. The number of carbonyl (C=O) groups is 2. The highest BCUT2D eigenvalue weighted by molar-refractivity contribution is 6.00. The Kier molecular flexibility index (Phi) is 4.31. The van der Waals surface area contributed by atoms with Crippen LogP contribution < -0.4 is 0 Å². The van der Waals surface area contributed by atoms with Crippen LogP contribution in [0.2, 0.25) is 0 Å². The highest BCUT2D eigenvalue weighted by atomic mass is 16.5. The van der Waals surface area contributed by atoms with E-state index < -0.39 is 0 Å². The summed E-state index contributed by atoms with van der Waals surface area (Å²) in [5.74, 6) is -0.556. The lowest BCUT2D eigenvalue weighted by molar-refractivity contribution is 0.0600. The molecule has 2 aromatic carbocycles. The van der Waals surface area contributed by atoms with E-state index in [0.29, 0.717) is 11.1 Å². The van der Waals surface area contributed by atoms with Gasteiger partial charge in [0.05, 0.1) is 12.7 Å². The summed E-state index contributed by atoms with van der Waals surface area (Å²) in [6.45, 7) is 1.86. The van der Waals surface area contributed by atoms with Crippen LogP contribution in [0, 0.1) is 0 Å². The lowest BCUT2D eigenvalue weighted by atomic mass is 9.92. The van der Waals surface area contributed by atoms with Crippen LogP contribution in [-0.4, -0.2) is 18.9 Å². The first-order valence-electron chi connectivity index (χ1n) is 6.41. The number of esters is 1. The molecule has 0 aliphatic carbocycles. The second-order valence-corrected chi connectivity index (χ2v) is 4.57. The van der Waals surface area contributed by atoms with E-state index in [9.17, 15) is 9.59 Å². The van der Waals surface area contributed by atoms with Crippen molar-refractivity contribution in [3.63, 3.8) is 0 Å². The summed E-state index contributed by atoms with van der Waals surface area (Å²) in [4.78, 5) is 23.7. The molecular formula is C17H16O3. The number of rotatable bonds is 4. The standard InChI is InChI=1S/C17H16O3/c1-12(16(18)14-6-4-3-5-7-14)13-8-10-15(11-9-13)17(19)20-2/h3-12H,1-2H3. The first kappa shape index (κ1) is 14.0. The van der Waals surface area contributed by atoms with Crippen LogP contribution in [0.25, 0.3) is 0 Å². The van der Waals surface area contributed by atoms with E-state index >= 15 is 0 Å². The highest BCUT2D eigenvalue weighted by Crippen LogP contribution is 2.21. The molecule has 0 radical (unpaired) electrons. The Labute approximate surface area is 118 Å². The lowest BCUT2D eigenvalue weighted by Gasteiger charge is -2.11. The largest absolute Gasteiger partial charge is 0.465 e. The molecule has 3 nitrogen and oxygen atoms in total. The highest BCUT2D eigenvalue weighted by Gasteiger charge is 2.17. The van der Waals surface area contributed by atoms with Crippen molar-refractivity contribution in [3.8, 4) is 0 Å². The molecule has 0 fully saturated rings. The predicted octanol–water partition coefficient (Wildman–Crippen LogP) is 3.46. The van der Waals surface area contributed by atoms with E-state index in [0.717, 1.165) is 5.56 Å². The Morgan fingerprint density at radius 2 is 1.50 bits per heavy atom. The van der Waals surface area contributed by atoms with Gasteiger partial charge in [-0.05, 0) is 17.7 Å². The number of hydrogen-bond acceptors (Lipinski definition) is 3. The monoisotopic (exact) mass is 268 g/mol. The van der Waals surface area contributed by atoms with Gasteiger partial charge in [-0.25, -0.2) is 4.79 Å². The number of Topliss-reactive ketones (excluding diaryl/α,β-unsaturated/α-hetero) is 1. The van der Waals surface area contributed by atoms with Gasteiger partial charge in [-0.1, -0.05) is 49.4 Å². The van der Waals surface area contributed by atoms with E-state index in [1.54, 1.807) is 24.3 Å². The van der Waals surface area contributed by atoms with Crippen LogP contribution in [0.5, 0.6) is 0 Å². The van der Waals surface area contributed by atoms with Gasteiger partial charge in [-0.3, -0.25) is 4.79 Å². The molecule has 2 aromatic rings. The van der Waals surface area contributed by atoms with Gasteiger partial charge < -0.3 is 4.74 Å². The molecule has 0 spiro atoms. The third-order valence-corrected chi connectivity index (χ3v) is 3.28. The maximum atomic E-state index is 12.3. The molecule has 3 heteroatoms. The molecule has 1 unspecified atom stereocenters. The molecule has 1 atom stereocenters. The minimum atomic E-state index is -0.376. The normalized spacial score (nSPS) is 11.7. The predicted molar refractivity (Wildman–Crippen MR) is 77.0 cm³/mol. The summed E-state index contributed by atoms with van der Waals surface area (Å²) in [5, 5.41) is 0. The maximum absolute atomic E-state index is 12.3. The lowest BCUT2D eigenvalue weighted by Crippen LogP contribution is -2.10. The van der Waals surface area contributed by atoms with Crippen molar-refractivity contribution in [1.29, 1.82) is 0 Å². The summed E-state index contributed by atoms with van der Waals surface area (Å²) in [7, 11) is 1.35. The molecule has 0 N–H and O–H groups in total. The first-order valence-corrected chi connectivity index (χ1v) is 6.41. The summed E-state index contributed by atoms with van der Waals surface area (Å²) >= 11 is 0. The van der Waals surface area contributed by atoms with Crippen LogP contribution in [0.3, 0.4) is 0 Å². The molecule has 0 amide bonds. The molecule has 102 valence electrons. The van der Waals surface area contributed by atoms with E-state index in [4.69, 9.17) is 0 Å². The zero-order chi connectivity index (χ0) is 14.5. The van der Waals surface area contributed by atoms with Gasteiger partial charge in [0.25, 0.3) is 0 Å². The van der Waals surface area contributed by atoms with E-state index in [-0.39, 0.29) is 17.7 Å². The van der Waals surface area contributed by atoms with Crippen LogP contribution in [0.1, 0.15) is 39.1 Å². The average molecular weight is 268 g/mol. The van der Waals surface area contributed by atoms with Gasteiger partial charge >= 0.3 is 5.97 Å². The number of hydrogen-bond donors (Lipinski definition) is 0. The molecule has 0 heterocycles. The third-order valence-electron chi connectivity index (χ3n) is 3.28. The molecule has 0 aliphatic heterocycles. The number of carbonyl (C=O) groups excluding carboxylic acids is 2. The SMILES string of the molecule is COC(=O)c1ccc(C(C)C(=O)c2ccccc2)cc1. The second kappa shape index (κ2) is 6.15. The van der Waals surface area contributed by atoms with Crippen molar-refractivity contribution in [1.82, 2.24) is 0 Å². The van der Waals surface area contributed by atoms with Crippen LogP contribution >= 0.6 is 0 Å². The number of benzene rings is 2. The van der Waals surface area contributed by atoms with Crippen molar-refractivity contribution >= 4 is 11.8 Å². The van der Waals surface area contributed by atoms with Crippen LogP contribution in [-0.2, 0) is 4.74 Å². The van der Waals surface area contributed by atoms with Gasteiger partial charge in [0.1, 0.15) is 0 Å². The fraction of sp³-hybridized carbons (Fsp3) is 0.176. The molecule has 0 bridgehead atoms. The summed E-state index contributed by atoms with van der Waals surface area (Å²) in [6, 6.07) is 16.1. The molecule has 0 saturated heterocycles. The first-order chi connectivity index (χ1) is 9.63. The second-order valence-electron chi connectivity index (χ2n) is 4.57. The van der Waals surface area contributed by atoms with Gasteiger partial charge in [0, 0.05) is 11.5 Å². The topological polar surface area (TPSA) is 43.4 Å². The van der Waals surface area contributed by atoms with Crippen molar-refractivity contribution in [2.75, 3.05) is 7.11 Å². The Balaban J connectivity index is 2.19. The number of ether oxygens (including phenoxy) is 1. The Morgan fingerprint density at radius 3 is 2.05 bits per heavy atom. The molecule has 0 aliphatic rings. The van der Waals surface area contributed by atoms with Crippen molar-refractivity contribution in [2.24, 2.45) is 0 Å². The van der Waals surface area contributed by atoms with E-state index in [1.165, 1.54) is 7.11 Å². The quantitative estimate of drug-likeness (QED) is 0.630. The number of ketones is 1. The van der Waals surface area contributed by atoms with Crippen molar-refractivity contribution < 1.29 is 14.3 Å². The fourth-order valence-corrected chi connectivity index (χ4v) is 2.03. The van der Waals surface area contributed by atoms with Gasteiger partial charge in [0.2, 0.25) is 0 Å². The Morgan fingerprint density at radius 1 is 0.900 bits per heavy atom. The maximum Gasteiger partial charge on any atom is 0.337 e. The zero-order valence-corrected chi connectivity index (χ0v) is 11.5. The van der Waals surface area contributed by atoms with Gasteiger partial charge in [-0.15, -0.1) is 0 Å². The molecule has 0 aromatic heterocycles. The molecule has 20 heavy (non-hydrogen) atoms.